The monoisotopic (exact) mass is 1160 g/mol. The lowest BCUT2D eigenvalue weighted by Crippen LogP contribution is -2.30. The summed E-state index contributed by atoms with van der Waals surface area (Å²) in [6.07, 6.45) is 54.0. The predicted molar refractivity (Wildman–Crippen MR) is 316 cm³/mol. The van der Waals surface area contributed by atoms with Gasteiger partial charge in [-0.15, -0.1) is 0 Å². The number of phosphoric acid groups is 2. The highest BCUT2D eigenvalue weighted by Crippen LogP contribution is 2.45. The molecule has 0 aromatic carbocycles. The van der Waals surface area contributed by atoms with Crippen LogP contribution in [0.2, 0.25) is 0 Å². The van der Waals surface area contributed by atoms with Crippen molar-refractivity contribution in [2.24, 2.45) is 0 Å². The number of allylic oxidation sites excluding steroid dienone is 12. The standard InChI is InChI=1S/C61H108O16P2/c1-4-7-10-13-16-19-22-24-26-27-29-31-33-35-38-41-44-47-59(64)71-50-56(62)51-73-78(67,68)74-52-57(63)53-75-79(69,70)76-55-58(77-61(66)49-46-43-40-37-32-21-18-15-12-9-6-3)54-72-60(65)48-45-42-39-36-34-30-28-25-23-20-17-14-11-8-5-2/h7-8,10-11,16-17,19-20,24-26,28,56-58,62-63H,4-6,9,12-15,18,21-23,27,29-55H2,1-3H3,(H,67,68)(H,69,70)/b10-7-,11-8-,19-16-,20-17-,26-24-,28-25-. The van der Waals surface area contributed by atoms with Crippen LogP contribution >= 0.6 is 15.6 Å². The maximum Gasteiger partial charge on any atom is 0.472 e. The zero-order valence-corrected chi connectivity index (χ0v) is 50.8. The number of carbonyl (C=O) groups excluding carboxylic acids is 3. The van der Waals surface area contributed by atoms with Crippen LogP contribution in [0, 0.1) is 0 Å². The number of aliphatic hydroxyl groups excluding tert-OH is 2. The van der Waals surface area contributed by atoms with E-state index < -0.39 is 91.5 Å². The van der Waals surface area contributed by atoms with E-state index in [1.54, 1.807) is 0 Å². The summed E-state index contributed by atoms with van der Waals surface area (Å²) < 4.78 is 60.6. The first-order valence-electron chi connectivity index (χ1n) is 30.2. The van der Waals surface area contributed by atoms with Gasteiger partial charge in [0.2, 0.25) is 0 Å². The van der Waals surface area contributed by atoms with Crippen molar-refractivity contribution in [3.63, 3.8) is 0 Å². The fourth-order valence-corrected chi connectivity index (χ4v) is 9.42. The van der Waals surface area contributed by atoms with Crippen LogP contribution < -0.4 is 0 Å². The van der Waals surface area contributed by atoms with E-state index >= 15 is 0 Å². The molecular formula is C61H108O16P2. The molecule has 18 heteroatoms. The Morgan fingerprint density at radius 2 is 0.671 bits per heavy atom. The molecule has 0 spiro atoms. The van der Waals surface area contributed by atoms with Gasteiger partial charge in [0.25, 0.3) is 0 Å². The zero-order chi connectivity index (χ0) is 58.2. The number of phosphoric ester groups is 2. The summed E-state index contributed by atoms with van der Waals surface area (Å²) in [6.45, 7) is 2.39. The number of esters is 3. The number of ether oxygens (including phenoxy) is 3. The third kappa shape index (κ3) is 56.6. The molecule has 5 unspecified atom stereocenters. The topological polar surface area (TPSA) is 231 Å². The molecule has 0 aromatic rings. The lowest BCUT2D eigenvalue weighted by molar-refractivity contribution is -0.161. The molecule has 0 aliphatic rings. The average Bonchev–Trinajstić information content (AvgIpc) is 3.42. The molecule has 0 aromatic heterocycles. The maximum absolute atomic E-state index is 12.8. The van der Waals surface area contributed by atoms with Gasteiger partial charge < -0.3 is 34.2 Å². The molecule has 0 heterocycles. The SMILES string of the molecule is CC/C=C\C/C=C\C/C=C\CCCCCCCCCC(=O)OCC(O)COP(=O)(O)OCC(O)COP(=O)(O)OCC(COC(=O)CCCCCCC/C=C\C/C=C\C/C=C\CC)OC(=O)CCCCCCCCCCCCC. The van der Waals surface area contributed by atoms with Gasteiger partial charge in [0.1, 0.15) is 25.4 Å². The number of carbonyl (C=O) groups is 3. The largest absolute Gasteiger partial charge is 0.472 e. The molecule has 79 heavy (non-hydrogen) atoms. The van der Waals surface area contributed by atoms with Crippen molar-refractivity contribution in [3.8, 4) is 0 Å². The van der Waals surface area contributed by atoms with Crippen LogP contribution in [0.1, 0.15) is 239 Å². The molecular weight excluding hydrogens is 1050 g/mol. The molecule has 16 nitrogen and oxygen atoms in total. The minimum Gasteiger partial charge on any atom is -0.463 e. The second-order valence-corrected chi connectivity index (χ2v) is 23.0. The van der Waals surface area contributed by atoms with E-state index in [1.807, 2.05) is 0 Å². The highest BCUT2D eigenvalue weighted by atomic mass is 31.2. The molecule has 4 N–H and O–H groups in total. The lowest BCUT2D eigenvalue weighted by atomic mass is 10.1. The zero-order valence-electron chi connectivity index (χ0n) is 49.0. The molecule has 0 saturated heterocycles. The molecule has 5 atom stereocenters. The Labute approximate surface area is 477 Å². The molecule has 0 aliphatic heterocycles. The number of rotatable bonds is 57. The van der Waals surface area contributed by atoms with Crippen LogP contribution in [0.25, 0.3) is 0 Å². The Kier molecular flexibility index (Phi) is 53.4. The maximum atomic E-state index is 12.8. The molecule has 0 rings (SSSR count). The van der Waals surface area contributed by atoms with Gasteiger partial charge in [0.15, 0.2) is 6.10 Å². The van der Waals surface area contributed by atoms with Crippen molar-refractivity contribution < 1.29 is 75.8 Å². The van der Waals surface area contributed by atoms with Gasteiger partial charge in [-0.25, -0.2) is 9.13 Å². The molecule has 458 valence electrons. The van der Waals surface area contributed by atoms with Crippen LogP contribution in [0.3, 0.4) is 0 Å². The number of hydrogen-bond donors (Lipinski definition) is 4. The molecule has 0 amide bonds. The van der Waals surface area contributed by atoms with Crippen molar-refractivity contribution in [1.82, 2.24) is 0 Å². The van der Waals surface area contributed by atoms with Crippen molar-refractivity contribution >= 4 is 33.6 Å². The molecule has 0 aliphatic carbocycles. The smallest absolute Gasteiger partial charge is 0.463 e. The van der Waals surface area contributed by atoms with E-state index in [4.69, 9.17) is 32.3 Å². The van der Waals surface area contributed by atoms with Gasteiger partial charge in [0, 0.05) is 19.3 Å². The van der Waals surface area contributed by atoms with Gasteiger partial charge in [0.05, 0.1) is 26.4 Å². The van der Waals surface area contributed by atoms with Crippen LogP contribution in [-0.4, -0.2) is 95.9 Å². The first kappa shape index (κ1) is 76.0. The number of aliphatic hydroxyl groups is 2. The van der Waals surface area contributed by atoms with Crippen molar-refractivity contribution in [3.05, 3.63) is 72.9 Å². The van der Waals surface area contributed by atoms with E-state index in [1.165, 1.54) is 38.5 Å². The van der Waals surface area contributed by atoms with Crippen LogP contribution in [0.15, 0.2) is 72.9 Å². The second-order valence-electron chi connectivity index (χ2n) is 20.1. The summed E-state index contributed by atoms with van der Waals surface area (Å²) in [4.78, 5) is 58.0. The molecule has 0 saturated carbocycles. The Morgan fingerprint density at radius 1 is 0.367 bits per heavy atom. The van der Waals surface area contributed by atoms with Gasteiger partial charge in [-0.05, 0) is 83.5 Å². The Balaban J connectivity index is 4.64. The summed E-state index contributed by atoms with van der Waals surface area (Å²) in [6, 6.07) is 0. The summed E-state index contributed by atoms with van der Waals surface area (Å²) in [5.74, 6) is -1.60. The van der Waals surface area contributed by atoms with E-state index in [2.05, 4.69) is 93.7 Å². The van der Waals surface area contributed by atoms with Gasteiger partial charge >= 0.3 is 33.6 Å². The Bertz CT molecular complexity index is 1750. The molecule has 0 bridgehead atoms. The van der Waals surface area contributed by atoms with Crippen LogP contribution in [0.4, 0.5) is 0 Å². The summed E-state index contributed by atoms with van der Waals surface area (Å²) in [5, 5.41) is 20.4. The van der Waals surface area contributed by atoms with E-state index in [9.17, 15) is 43.5 Å². The minimum atomic E-state index is -4.91. The minimum absolute atomic E-state index is 0.103. The van der Waals surface area contributed by atoms with E-state index in [-0.39, 0.29) is 19.3 Å². The number of hydrogen-bond acceptors (Lipinski definition) is 14. The van der Waals surface area contributed by atoms with Crippen molar-refractivity contribution in [2.45, 2.75) is 257 Å². The Morgan fingerprint density at radius 3 is 1.06 bits per heavy atom. The van der Waals surface area contributed by atoms with Gasteiger partial charge in [-0.1, -0.05) is 209 Å². The third-order valence-corrected chi connectivity index (χ3v) is 14.3. The number of unbranched alkanes of at least 4 members (excludes halogenated alkanes) is 22. The quantitative estimate of drug-likeness (QED) is 0.0146. The predicted octanol–water partition coefficient (Wildman–Crippen LogP) is 15.6. The van der Waals surface area contributed by atoms with Crippen molar-refractivity contribution in [2.75, 3.05) is 39.6 Å². The van der Waals surface area contributed by atoms with Gasteiger partial charge in [-0.3, -0.25) is 32.5 Å². The summed E-state index contributed by atoms with van der Waals surface area (Å²) in [5.41, 5.74) is 0. The normalized spacial score (nSPS) is 15.0. The third-order valence-electron chi connectivity index (χ3n) is 12.4. The molecule has 0 radical (unpaired) electrons. The first-order valence-corrected chi connectivity index (χ1v) is 33.2. The van der Waals surface area contributed by atoms with E-state index in [0.717, 1.165) is 141 Å². The van der Waals surface area contributed by atoms with Crippen molar-refractivity contribution in [1.29, 1.82) is 0 Å². The second kappa shape index (κ2) is 55.5. The fourth-order valence-electron chi connectivity index (χ4n) is 7.83. The lowest BCUT2D eigenvalue weighted by Gasteiger charge is -2.21. The van der Waals surface area contributed by atoms with Crippen LogP contribution in [-0.2, 0) is 55.8 Å². The summed E-state index contributed by atoms with van der Waals surface area (Å²) in [7, 11) is -9.76. The molecule has 0 fully saturated rings. The van der Waals surface area contributed by atoms with E-state index in [0.29, 0.717) is 19.3 Å². The average molecular weight is 1160 g/mol. The first-order chi connectivity index (χ1) is 38.2. The highest BCUT2D eigenvalue weighted by molar-refractivity contribution is 7.47. The summed E-state index contributed by atoms with van der Waals surface area (Å²) >= 11 is 0. The Hall–Kier alpha value is -3.01. The highest BCUT2D eigenvalue weighted by Gasteiger charge is 2.29. The van der Waals surface area contributed by atoms with Gasteiger partial charge in [-0.2, -0.15) is 0 Å². The van der Waals surface area contributed by atoms with Crippen LogP contribution in [0.5, 0.6) is 0 Å². The fraction of sp³-hybridized carbons (Fsp3) is 0.754.